The largest absolute Gasteiger partial charge is 0.366 e. The third-order valence-electron chi connectivity index (χ3n) is 3.49. The van der Waals surface area contributed by atoms with Gasteiger partial charge in [0, 0.05) is 23.8 Å². The van der Waals surface area contributed by atoms with Gasteiger partial charge in [-0.3, -0.25) is 0 Å². The summed E-state index contributed by atoms with van der Waals surface area (Å²) >= 11 is 3.50. The summed E-state index contributed by atoms with van der Waals surface area (Å²) in [6, 6.07) is 12.8. The second kappa shape index (κ2) is 6.37. The van der Waals surface area contributed by atoms with Crippen LogP contribution in [0.1, 0.15) is 17.2 Å². The van der Waals surface area contributed by atoms with Crippen LogP contribution in [0.3, 0.4) is 0 Å². The van der Waals surface area contributed by atoms with Crippen molar-refractivity contribution in [3.63, 3.8) is 0 Å². The molecule has 4 heteroatoms. The first-order chi connectivity index (χ1) is 9.52. The average molecular weight is 337 g/mol. The molecule has 0 amide bonds. The first kappa shape index (κ1) is 15.0. The van der Waals surface area contributed by atoms with Crippen LogP contribution in [0.25, 0.3) is 0 Å². The van der Waals surface area contributed by atoms with Gasteiger partial charge in [0.2, 0.25) is 0 Å². The fourth-order valence-electron chi connectivity index (χ4n) is 2.25. The molecule has 1 atom stereocenters. The van der Waals surface area contributed by atoms with Gasteiger partial charge in [-0.25, -0.2) is 4.39 Å². The third kappa shape index (κ3) is 3.19. The molecule has 0 radical (unpaired) electrons. The molecule has 0 bridgehead atoms. The van der Waals surface area contributed by atoms with Gasteiger partial charge < -0.3 is 10.6 Å². The number of rotatable bonds is 4. The van der Waals surface area contributed by atoms with Crippen molar-refractivity contribution in [3.8, 4) is 0 Å². The van der Waals surface area contributed by atoms with Gasteiger partial charge in [-0.1, -0.05) is 28.1 Å². The maximum atomic E-state index is 13.0. The fourth-order valence-corrected chi connectivity index (χ4v) is 2.50. The molecule has 2 aromatic rings. The first-order valence-corrected chi connectivity index (χ1v) is 7.26. The number of benzene rings is 2. The summed E-state index contributed by atoms with van der Waals surface area (Å²) in [5.74, 6) is -0.231. The molecule has 0 aliphatic rings. The van der Waals surface area contributed by atoms with Crippen LogP contribution >= 0.6 is 15.9 Å². The SMILES string of the molecule is Cc1cc(C(CN)N(C)c2ccc(F)cc2)ccc1Br. The molecule has 0 aliphatic carbocycles. The van der Waals surface area contributed by atoms with E-state index >= 15 is 0 Å². The smallest absolute Gasteiger partial charge is 0.123 e. The molecule has 0 saturated heterocycles. The Morgan fingerprint density at radius 1 is 1.20 bits per heavy atom. The maximum Gasteiger partial charge on any atom is 0.123 e. The Hall–Kier alpha value is -1.39. The lowest BCUT2D eigenvalue weighted by Crippen LogP contribution is -2.30. The van der Waals surface area contributed by atoms with E-state index < -0.39 is 0 Å². The van der Waals surface area contributed by atoms with Crippen molar-refractivity contribution in [1.29, 1.82) is 0 Å². The Bertz CT molecular complexity index is 584. The molecule has 0 saturated carbocycles. The van der Waals surface area contributed by atoms with Crippen molar-refractivity contribution < 1.29 is 4.39 Å². The lowest BCUT2D eigenvalue weighted by Gasteiger charge is -2.30. The highest BCUT2D eigenvalue weighted by molar-refractivity contribution is 9.10. The number of aryl methyl sites for hydroxylation is 1. The minimum atomic E-state index is -0.231. The van der Waals surface area contributed by atoms with Gasteiger partial charge in [0.05, 0.1) is 6.04 Å². The maximum absolute atomic E-state index is 13.0. The van der Waals surface area contributed by atoms with E-state index in [1.165, 1.54) is 17.7 Å². The molecular formula is C16H18BrFN2. The molecule has 106 valence electrons. The van der Waals surface area contributed by atoms with Crippen molar-refractivity contribution in [2.75, 3.05) is 18.5 Å². The average Bonchev–Trinajstić information content (AvgIpc) is 2.44. The summed E-state index contributed by atoms with van der Waals surface area (Å²) in [6.45, 7) is 2.55. The molecule has 1 unspecified atom stereocenters. The minimum absolute atomic E-state index is 0.0623. The standard InChI is InChI=1S/C16H18BrFN2/c1-11-9-12(3-8-15(11)17)16(10-19)20(2)14-6-4-13(18)5-7-14/h3-9,16H,10,19H2,1-2H3. The van der Waals surface area contributed by atoms with Crippen LogP contribution in [0, 0.1) is 12.7 Å². The van der Waals surface area contributed by atoms with E-state index in [4.69, 9.17) is 5.73 Å². The summed E-state index contributed by atoms with van der Waals surface area (Å²) < 4.78 is 14.1. The van der Waals surface area contributed by atoms with Crippen LogP contribution < -0.4 is 10.6 Å². The molecule has 2 nitrogen and oxygen atoms in total. The van der Waals surface area contributed by atoms with Gasteiger partial charge in [0.25, 0.3) is 0 Å². The predicted molar refractivity (Wildman–Crippen MR) is 85.5 cm³/mol. The summed E-state index contributed by atoms with van der Waals surface area (Å²) in [6.07, 6.45) is 0. The number of hydrogen-bond donors (Lipinski definition) is 1. The van der Waals surface area contributed by atoms with E-state index in [9.17, 15) is 4.39 Å². The van der Waals surface area contributed by atoms with Crippen LogP contribution in [0.4, 0.5) is 10.1 Å². The van der Waals surface area contributed by atoms with Crippen LogP contribution in [0.5, 0.6) is 0 Å². The quantitative estimate of drug-likeness (QED) is 0.913. The van der Waals surface area contributed by atoms with Crippen LogP contribution in [0.2, 0.25) is 0 Å². The molecule has 20 heavy (non-hydrogen) atoms. The predicted octanol–water partition coefficient (Wildman–Crippen LogP) is 4.03. The zero-order chi connectivity index (χ0) is 14.7. The third-order valence-corrected chi connectivity index (χ3v) is 4.38. The van der Waals surface area contributed by atoms with Gasteiger partial charge in [0.1, 0.15) is 5.82 Å². The van der Waals surface area contributed by atoms with Crippen LogP contribution in [-0.2, 0) is 0 Å². The summed E-state index contributed by atoms with van der Waals surface area (Å²) in [7, 11) is 1.97. The number of halogens is 2. The highest BCUT2D eigenvalue weighted by Gasteiger charge is 2.16. The zero-order valence-corrected chi connectivity index (χ0v) is 13.2. The van der Waals surface area contributed by atoms with E-state index in [-0.39, 0.29) is 11.9 Å². The second-order valence-electron chi connectivity index (χ2n) is 4.85. The molecule has 0 heterocycles. The van der Waals surface area contributed by atoms with Crippen molar-refractivity contribution in [2.24, 2.45) is 5.73 Å². The van der Waals surface area contributed by atoms with E-state index in [0.29, 0.717) is 6.54 Å². The van der Waals surface area contributed by atoms with Crippen molar-refractivity contribution >= 4 is 21.6 Å². The Balaban J connectivity index is 2.31. The molecule has 2 rings (SSSR count). The number of hydrogen-bond acceptors (Lipinski definition) is 2. The monoisotopic (exact) mass is 336 g/mol. The van der Waals surface area contributed by atoms with E-state index in [2.05, 4.69) is 39.9 Å². The molecular weight excluding hydrogens is 319 g/mol. The Morgan fingerprint density at radius 3 is 2.40 bits per heavy atom. The first-order valence-electron chi connectivity index (χ1n) is 6.47. The highest BCUT2D eigenvalue weighted by Crippen LogP contribution is 2.27. The molecule has 0 fully saturated rings. The van der Waals surface area contributed by atoms with Crippen molar-refractivity contribution in [1.82, 2.24) is 0 Å². The van der Waals surface area contributed by atoms with Gasteiger partial charge in [0.15, 0.2) is 0 Å². The molecule has 0 aromatic heterocycles. The summed E-state index contributed by atoms with van der Waals surface area (Å²) in [5.41, 5.74) is 9.21. The van der Waals surface area contributed by atoms with Gasteiger partial charge >= 0.3 is 0 Å². The molecule has 2 aromatic carbocycles. The van der Waals surface area contributed by atoms with E-state index in [1.807, 2.05) is 13.1 Å². The number of nitrogens with zero attached hydrogens (tertiary/aromatic N) is 1. The van der Waals surface area contributed by atoms with E-state index in [0.717, 1.165) is 15.7 Å². The second-order valence-corrected chi connectivity index (χ2v) is 5.70. The van der Waals surface area contributed by atoms with Crippen LogP contribution in [-0.4, -0.2) is 13.6 Å². The summed E-state index contributed by atoms with van der Waals surface area (Å²) in [5, 5.41) is 0. The van der Waals surface area contributed by atoms with E-state index in [1.54, 1.807) is 12.1 Å². The lowest BCUT2D eigenvalue weighted by molar-refractivity contribution is 0.626. The summed E-state index contributed by atoms with van der Waals surface area (Å²) in [4.78, 5) is 2.07. The fraction of sp³-hybridized carbons (Fsp3) is 0.250. The number of nitrogens with two attached hydrogens (primary N) is 1. The normalized spacial score (nSPS) is 12.2. The minimum Gasteiger partial charge on any atom is -0.366 e. The van der Waals surface area contributed by atoms with Gasteiger partial charge in [-0.2, -0.15) is 0 Å². The Labute approximate surface area is 127 Å². The topological polar surface area (TPSA) is 29.3 Å². The number of anilines is 1. The molecule has 0 spiro atoms. The lowest BCUT2D eigenvalue weighted by atomic mass is 10.0. The van der Waals surface area contributed by atoms with Gasteiger partial charge in [-0.15, -0.1) is 0 Å². The van der Waals surface area contributed by atoms with Gasteiger partial charge in [-0.05, 0) is 48.4 Å². The molecule has 0 aliphatic heterocycles. The molecule has 2 N–H and O–H groups in total. The highest BCUT2D eigenvalue weighted by atomic mass is 79.9. The Kier molecular flexibility index (Phi) is 4.78. The van der Waals surface area contributed by atoms with Crippen molar-refractivity contribution in [3.05, 3.63) is 63.9 Å². The zero-order valence-electron chi connectivity index (χ0n) is 11.6. The number of likely N-dealkylation sites (N-methyl/N-ethyl adjacent to an activating group) is 1. The van der Waals surface area contributed by atoms with Crippen LogP contribution in [0.15, 0.2) is 46.9 Å². The van der Waals surface area contributed by atoms with Crippen molar-refractivity contribution in [2.45, 2.75) is 13.0 Å². The Morgan fingerprint density at radius 2 is 1.85 bits per heavy atom.